The highest BCUT2D eigenvalue weighted by Crippen LogP contribution is 2.35. The van der Waals surface area contributed by atoms with Gasteiger partial charge in [0.05, 0.1) is 18.1 Å². The Morgan fingerprint density at radius 1 is 0.911 bits per heavy atom. The number of ether oxygens (including phenoxy) is 1. The van der Waals surface area contributed by atoms with Crippen LogP contribution in [0.1, 0.15) is 107 Å². The molecule has 1 aromatic carbocycles. The molecule has 1 rings (SSSR count). The number of benzene rings is 1. The maximum absolute atomic E-state index is 11.4. The maximum Gasteiger partial charge on any atom is 0.306 e. The van der Waals surface area contributed by atoms with E-state index in [0.29, 0.717) is 6.42 Å². The number of methoxy groups -OCH3 is 1. The number of aliphatic carboxylic acids is 1. The van der Waals surface area contributed by atoms with E-state index in [9.17, 15) is 15.0 Å². The molecule has 45 heavy (non-hydrogen) atoms. The van der Waals surface area contributed by atoms with Crippen molar-refractivity contribution in [2.45, 2.75) is 150 Å². The molecular formula is C37H66O6Si2. The molecule has 6 nitrogen and oxygen atoms in total. The van der Waals surface area contributed by atoms with Crippen molar-refractivity contribution >= 4 is 22.6 Å². The van der Waals surface area contributed by atoms with E-state index < -0.39 is 40.0 Å². The first kappa shape index (κ1) is 41.4. The van der Waals surface area contributed by atoms with Gasteiger partial charge in [0.2, 0.25) is 8.32 Å². The van der Waals surface area contributed by atoms with Crippen LogP contribution in [0.2, 0.25) is 36.3 Å². The third-order valence-electron chi connectivity index (χ3n) is 10.4. The Hall–Kier alpha value is -1.64. The summed E-state index contributed by atoms with van der Waals surface area (Å²) >= 11 is 0. The van der Waals surface area contributed by atoms with E-state index >= 15 is 0 Å². The van der Waals surface area contributed by atoms with Gasteiger partial charge in [-0.3, -0.25) is 4.79 Å². The summed E-state index contributed by atoms with van der Waals surface area (Å²) in [4.78, 5) is 11.4. The van der Waals surface area contributed by atoms with Crippen molar-refractivity contribution in [1.82, 2.24) is 0 Å². The van der Waals surface area contributed by atoms with Crippen LogP contribution in [-0.4, -0.2) is 52.1 Å². The summed E-state index contributed by atoms with van der Waals surface area (Å²) in [7, 11) is -1.99. The lowest BCUT2D eigenvalue weighted by Crippen LogP contribution is -2.46. The topological polar surface area (TPSA) is 85.2 Å². The predicted molar refractivity (Wildman–Crippen MR) is 193 cm³/mol. The third-order valence-corrected chi connectivity index (χ3v) is 19.5. The first-order valence-electron chi connectivity index (χ1n) is 17.5. The molecule has 258 valence electrons. The first-order chi connectivity index (χ1) is 21.1. The van der Waals surface area contributed by atoms with Gasteiger partial charge >= 0.3 is 5.97 Å². The van der Waals surface area contributed by atoms with Crippen LogP contribution >= 0.6 is 0 Å². The molecule has 0 radical (unpaired) electrons. The highest BCUT2D eigenvalue weighted by atomic mass is 28.4. The number of carboxylic acid groups (broad SMARTS) is 1. The zero-order valence-electron chi connectivity index (χ0n) is 30.7. The minimum Gasteiger partial charge on any atom is -0.543 e. The molecule has 1 aromatic rings. The summed E-state index contributed by atoms with van der Waals surface area (Å²) in [6.45, 7) is 23.3. The van der Waals surface area contributed by atoms with Gasteiger partial charge in [0.15, 0.2) is 8.32 Å². The Kier molecular flexibility index (Phi) is 17.7. The standard InChI is InChI=1S/C37H66O6Si2/c1-13-44(14-2,15-3)42-32-21-19-20-31(26-32)34(41-12)23-22-28(7)35(43-45(16-4,17-5)18-6)30(9)33(38)24-25-37(10,11)27-29(8)36(39)40/h19-21,26,28-30,33-35,38H,13-18,22-23,27H2,1-12H3,(H,39,40)/t28-,29+,30-,33?,34-,35+/m0/s1. The average Bonchev–Trinajstić information content (AvgIpc) is 3.03. The highest BCUT2D eigenvalue weighted by Gasteiger charge is 2.38. The molecule has 8 heteroatoms. The van der Waals surface area contributed by atoms with Gasteiger partial charge in [0.25, 0.3) is 0 Å². The zero-order chi connectivity index (χ0) is 34.4. The van der Waals surface area contributed by atoms with Gasteiger partial charge in [-0.25, -0.2) is 0 Å². The summed E-state index contributed by atoms with van der Waals surface area (Å²) < 4.78 is 19.8. The summed E-state index contributed by atoms with van der Waals surface area (Å²) in [5.41, 5.74) is 0.606. The number of aliphatic hydroxyl groups is 1. The van der Waals surface area contributed by atoms with Crippen LogP contribution in [0.25, 0.3) is 0 Å². The summed E-state index contributed by atoms with van der Waals surface area (Å²) in [5, 5.41) is 20.7. The van der Waals surface area contributed by atoms with E-state index in [1.54, 1.807) is 14.0 Å². The van der Waals surface area contributed by atoms with Crippen molar-refractivity contribution in [3.63, 3.8) is 0 Å². The summed E-state index contributed by atoms with van der Waals surface area (Å²) in [6.07, 6.45) is 1.03. The first-order valence-corrected chi connectivity index (χ1v) is 22.6. The second kappa shape index (κ2) is 19.2. The number of hydrogen-bond donors (Lipinski definition) is 2. The van der Waals surface area contributed by atoms with E-state index in [4.69, 9.17) is 13.6 Å². The maximum atomic E-state index is 11.4. The van der Waals surface area contributed by atoms with Crippen molar-refractivity contribution in [1.29, 1.82) is 0 Å². The van der Waals surface area contributed by atoms with E-state index in [-0.39, 0.29) is 24.0 Å². The predicted octanol–water partition coefficient (Wildman–Crippen LogP) is 9.70. The second-order valence-corrected chi connectivity index (χ2v) is 23.3. The smallest absolute Gasteiger partial charge is 0.306 e. The number of carbonyl (C=O) groups is 1. The van der Waals surface area contributed by atoms with Crippen molar-refractivity contribution in [3.05, 3.63) is 29.8 Å². The van der Waals surface area contributed by atoms with Gasteiger partial charge in [-0.1, -0.05) is 86.3 Å². The van der Waals surface area contributed by atoms with E-state index in [0.717, 1.165) is 60.4 Å². The number of aliphatic hydroxyl groups excluding tert-OH is 1. The Labute approximate surface area is 278 Å². The molecule has 0 saturated heterocycles. The molecule has 1 unspecified atom stereocenters. The van der Waals surface area contributed by atoms with Crippen LogP contribution in [0.3, 0.4) is 0 Å². The quantitative estimate of drug-likeness (QED) is 0.101. The van der Waals surface area contributed by atoms with E-state index in [1.165, 1.54) is 0 Å². The molecule has 0 heterocycles. The van der Waals surface area contributed by atoms with Crippen molar-refractivity contribution in [2.24, 2.45) is 23.2 Å². The lowest BCUT2D eigenvalue weighted by Gasteiger charge is -2.40. The molecule has 0 spiro atoms. The summed E-state index contributed by atoms with van der Waals surface area (Å²) in [5.74, 6) is 5.89. The average molecular weight is 663 g/mol. The van der Waals surface area contributed by atoms with Gasteiger partial charge in [-0.2, -0.15) is 0 Å². The molecule has 0 aliphatic heterocycles. The van der Waals surface area contributed by atoms with E-state index in [2.05, 4.69) is 84.6 Å². The third kappa shape index (κ3) is 12.5. The Bertz CT molecular complexity index is 1060. The molecule has 6 atom stereocenters. The molecular weight excluding hydrogens is 597 g/mol. The molecule has 0 amide bonds. The normalized spacial score (nSPS) is 16.6. The van der Waals surface area contributed by atoms with Gasteiger partial charge in [0.1, 0.15) is 11.9 Å². The Balaban J connectivity index is 3.24. The Morgan fingerprint density at radius 3 is 1.96 bits per heavy atom. The fourth-order valence-corrected chi connectivity index (χ4v) is 12.1. The summed E-state index contributed by atoms with van der Waals surface area (Å²) in [6, 6.07) is 14.8. The monoisotopic (exact) mass is 662 g/mol. The molecule has 0 saturated carbocycles. The zero-order valence-corrected chi connectivity index (χ0v) is 32.7. The Morgan fingerprint density at radius 2 is 1.47 bits per heavy atom. The second-order valence-electron chi connectivity index (χ2n) is 13.9. The fraction of sp³-hybridized carbons (Fsp3) is 0.757. The van der Waals surface area contributed by atoms with Crippen LogP contribution in [0.15, 0.2) is 24.3 Å². The largest absolute Gasteiger partial charge is 0.543 e. The SMILES string of the molecule is CC[Si](CC)(CC)Oc1cccc([C@H](CC[C@H](C)[C@@H](O[Si](CC)(CC)CC)[C@@H](C)C(O)C#CC(C)(C)C[C@@H](C)C(=O)O)OC)c1. The van der Waals surface area contributed by atoms with Crippen LogP contribution in [0, 0.1) is 35.0 Å². The lowest BCUT2D eigenvalue weighted by molar-refractivity contribution is -0.141. The fourth-order valence-electron chi connectivity index (χ4n) is 6.51. The molecule has 2 N–H and O–H groups in total. The minimum absolute atomic E-state index is 0.0693. The highest BCUT2D eigenvalue weighted by molar-refractivity contribution is 6.74. The van der Waals surface area contributed by atoms with E-state index in [1.807, 2.05) is 20.8 Å². The molecule has 0 fully saturated rings. The number of hydrogen-bond acceptors (Lipinski definition) is 5. The minimum atomic E-state index is -1.98. The number of carboxylic acids is 1. The molecule has 0 aromatic heterocycles. The van der Waals surface area contributed by atoms with Crippen LogP contribution in [-0.2, 0) is 14.0 Å². The van der Waals surface area contributed by atoms with Gasteiger partial charge in [-0.05, 0) is 93.0 Å². The lowest BCUT2D eigenvalue weighted by atomic mass is 9.82. The molecule has 0 aliphatic carbocycles. The van der Waals surface area contributed by atoms with Crippen molar-refractivity contribution in [3.8, 4) is 17.6 Å². The van der Waals surface area contributed by atoms with Crippen molar-refractivity contribution in [2.75, 3.05) is 7.11 Å². The van der Waals surface area contributed by atoms with Gasteiger partial charge in [-0.15, -0.1) is 0 Å². The van der Waals surface area contributed by atoms with Crippen LogP contribution in [0.5, 0.6) is 5.75 Å². The van der Waals surface area contributed by atoms with Crippen LogP contribution in [0.4, 0.5) is 0 Å². The number of rotatable bonds is 21. The molecule has 0 bridgehead atoms. The van der Waals surface area contributed by atoms with Crippen LogP contribution < -0.4 is 4.43 Å². The van der Waals surface area contributed by atoms with Crippen molar-refractivity contribution < 1.29 is 28.6 Å². The van der Waals surface area contributed by atoms with Gasteiger partial charge < -0.3 is 23.8 Å². The van der Waals surface area contributed by atoms with Gasteiger partial charge in [0, 0.05) is 18.4 Å². The molecule has 0 aliphatic rings.